The quantitative estimate of drug-likeness (QED) is 0.813. The van der Waals surface area contributed by atoms with Crippen LogP contribution in [-0.4, -0.2) is 36.8 Å². The van der Waals surface area contributed by atoms with Gasteiger partial charge in [0.2, 0.25) is 5.88 Å². The third-order valence-corrected chi connectivity index (χ3v) is 4.15. The average Bonchev–Trinajstić information content (AvgIpc) is 2.98. The van der Waals surface area contributed by atoms with Crippen molar-refractivity contribution in [3.63, 3.8) is 0 Å². The number of thiazole rings is 1. The molecule has 0 unspecified atom stereocenters. The highest BCUT2D eigenvalue weighted by Crippen LogP contribution is 2.24. The second-order valence-corrected chi connectivity index (χ2v) is 6.51. The number of nitrogens with zero attached hydrogens (tertiary/aromatic N) is 2. The fourth-order valence-corrected chi connectivity index (χ4v) is 2.85. The molecule has 2 heterocycles. The van der Waals surface area contributed by atoms with Crippen LogP contribution in [0.4, 0.5) is 0 Å². The molecule has 0 aromatic carbocycles. The molecule has 2 aromatic heterocycles. The van der Waals surface area contributed by atoms with Crippen molar-refractivity contribution >= 4 is 16.3 Å². The SMILES string of the molecule is COCCC(C)(C)CNCc1c(OC)nc2sccn12. The summed E-state index contributed by atoms with van der Waals surface area (Å²) in [5.41, 5.74) is 1.29. The fraction of sp³-hybridized carbons (Fsp3) is 0.643. The lowest BCUT2D eigenvalue weighted by molar-refractivity contribution is 0.150. The lowest BCUT2D eigenvalue weighted by Crippen LogP contribution is -2.30. The molecular weight excluding hydrogens is 274 g/mol. The molecule has 0 spiro atoms. The molecule has 20 heavy (non-hydrogen) atoms. The molecule has 6 heteroatoms. The van der Waals surface area contributed by atoms with Crippen LogP contribution in [0, 0.1) is 5.41 Å². The molecule has 0 saturated carbocycles. The Morgan fingerprint density at radius 3 is 2.90 bits per heavy atom. The van der Waals surface area contributed by atoms with E-state index in [0.29, 0.717) is 5.88 Å². The van der Waals surface area contributed by atoms with Gasteiger partial charge >= 0.3 is 0 Å². The van der Waals surface area contributed by atoms with E-state index < -0.39 is 0 Å². The first kappa shape index (κ1) is 15.3. The molecule has 0 aliphatic rings. The molecule has 2 rings (SSSR count). The number of imidazole rings is 1. The molecule has 112 valence electrons. The molecule has 1 N–H and O–H groups in total. The summed E-state index contributed by atoms with van der Waals surface area (Å²) in [5.74, 6) is 0.707. The standard InChI is InChI=1S/C14H23N3O2S/c1-14(2,5-7-18-3)10-15-9-11-12(19-4)16-13-17(11)6-8-20-13/h6,8,15H,5,7,9-10H2,1-4H3. The van der Waals surface area contributed by atoms with Gasteiger partial charge in [-0.3, -0.25) is 4.40 Å². The molecule has 5 nitrogen and oxygen atoms in total. The van der Waals surface area contributed by atoms with E-state index in [1.54, 1.807) is 25.6 Å². The van der Waals surface area contributed by atoms with Gasteiger partial charge in [-0.15, -0.1) is 11.3 Å². The number of ether oxygens (including phenoxy) is 2. The Balaban J connectivity index is 1.97. The van der Waals surface area contributed by atoms with Crippen molar-refractivity contribution in [2.45, 2.75) is 26.8 Å². The van der Waals surface area contributed by atoms with Crippen molar-refractivity contribution in [2.75, 3.05) is 27.4 Å². The first-order chi connectivity index (χ1) is 9.57. The van der Waals surface area contributed by atoms with Crippen molar-refractivity contribution in [1.29, 1.82) is 0 Å². The molecule has 0 atom stereocenters. The Morgan fingerprint density at radius 2 is 2.20 bits per heavy atom. The smallest absolute Gasteiger partial charge is 0.237 e. The van der Waals surface area contributed by atoms with Crippen LogP contribution in [0.5, 0.6) is 5.88 Å². The van der Waals surface area contributed by atoms with Crippen LogP contribution in [0.3, 0.4) is 0 Å². The van der Waals surface area contributed by atoms with Crippen LogP contribution >= 0.6 is 11.3 Å². The van der Waals surface area contributed by atoms with E-state index in [1.807, 2.05) is 11.6 Å². The topological polar surface area (TPSA) is 47.8 Å². The zero-order chi connectivity index (χ0) is 14.6. The lowest BCUT2D eigenvalue weighted by atomic mass is 9.90. The second-order valence-electron chi connectivity index (χ2n) is 5.63. The summed E-state index contributed by atoms with van der Waals surface area (Å²) in [6.45, 7) is 6.95. The van der Waals surface area contributed by atoms with Crippen LogP contribution < -0.4 is 10.1 Å². The summed E-state index contributed by atoms with van der Waals surface area (Å²) in [5, 5.41) is 5.54. The molecule has 0 radical (unpaired) electrons. The first-order valence-corrected chi connectivity index (χ1v) is 7.63. The van der Waals surface area contributed by atoms with Crippen LogP contribution in [-0.2, 0) is 11.3 Å². The van der Waals surface area contributed by atoms with Gasteiger partial charge in [0.15, 0.2) is 4.96 Å². The second kappa shape index (κ2) is 6.56. The summed E-state index contributed by atoms with van der Waals surface area (Å²) in [7, 11) is 3.41. The third kappa shape index (κ3) is 3.50. The first-order valence-electron chi connectivity index (χ1n) is 6.75. The van der Waals surface area contributed by atoms with Crippen LogP contribution in [0.2, 0.25) is 0 Å². The summed E-state index contributed by atoms with van der Waals surface area (Å²) < 4.78 is 12.6. The largest absolute Gasteiger partial charge is 0.480 e. The Labute approximate surface area is 123 Å². The monoisotopic (exact) mass is 297 g/mol. The van der Waals surface area contributed by atoms with Crippen molar-refractivity contribution in [3.05, 3.63) is 17.3 Å². The van der Waals surface area contributed by atoms with Gasteiger partial charge in [-0.2, -0.15) is 4.98 Å². The van der Waals surface area contributed by atoms with E-state index >= 15 is 0 Å². The maximum Gasteiger partial charge on any atom is 0.237 e. The van der Waals surface area contributed by atoms with Gasteiger partial charge in [-0.1, -0.05) is 13.8 Å². The number of rotatable bonds is 8. The molecule has 0 amide bonds. The van der Waals surface area contributed by atoms with Crippen LogP contribution in [0.25, 0.3) is 4.96 Å². The Hall–Kier alpha value is -1.11. The zero-order valence-electron chi connectivity index (χ0n) is 12.6. The van der Waals surface area contributed by atoms with Crippen molar-refractivity contribution in [1.82, 2.24) is 14.7 Å². The summed E-state index contributed by atoms with van der Waals surface area (Å²) in [6, 6.07) is 0. The highest BCUT2D eigenvalue weighted by Gasteiger charge is 2.18. The zero-order valence-corrected chi connectivity index (χ0v) is 13.4. The number of hydrogen-bond acceptors (Lipinski definition) is 5. The minimum Gasteiger partial charge on any atom is -0.480 e. The van der Waals surface area contributed by atoms with Gasteiger partial charge in [0.25, 0.3) is 0 Å². The Morgan fingerprint density at radius 1 is 1.40 bits per heavy atom. The maximum absolute atomic E-state index is 5.35. The van der Waals surface area contributed by atoms with E-state index in [0.717, 1.165) is 36.8 Å². The minimum atomic E-state index is 0.210. The number of hydrogen-bond donors (Lipinski definition) is 1. The van der Waals surface area contributed by atoms with Crippen molar-refractivity contribution < 1.29 is 9.47 Å². The van der Waals surface area contributed by atoms with E-state index in [2.05, 4.69) is 28.5 Å². The maximum atomic E-state index is 5.35. The average molecular weight is 297 g/mol. The predicted octanol–water partition coefficient (Wildman–Crippen LogP) is 2.56. The van der Waals surface area contributed by atoms with E-state index in [9.17, 15) is 0 Å². The van der Waals surface area contributed by atoms with Crippen LogP contribution in [0.1, 0.15) is 26.0 Å². The Kier molecular flexibility index (Phi) is 5.01. The molecular formula is C14H23N3O2S. The lowest BCUT2D eigenvalue weighted by Gasteiger charge is -2.24. The number of fused-ring (bicyclic) bond motifs is 1. The Bertz CT molecular complexity index is 548. The minimum absolute atomic E-state index is 0.210. The summed E-state index contributed by atoms with van der Waals surface area (Å²) in [6.07, 6.45) is 3.07. The highest BCUT2D eigenvalue weighted by atomic mass is 32.1. The molecule has 0 aliphatic heterocycles. The van der Waals surface area contributed by atoms with Gasteiger partial charge < -0.3 is 14.8 Å². The van der Waals surface area contributed by atoms with E-state index in [-0.39, 0.29) is 5.41 Å². The number of aromatic nitrogens is 2. The van der Waals surface area contributed by atoms with Crippen LogP contribution in [0.15, 0.2) is 11.6 Å². The normalized spacial score (nSPS) is 12.2. The fourth-order valence-electron chi connectivity index (χ4n) is 2.12. The van der Waals surface area contributed by atoms with Crippen molar-refractivity contribution in [2.24, 2.45) is 5.41 Å². The number of nitrogens with one attached hydrogen (secondary N) is 1. The summed E-state index contributed by atoms with van der Waals surface area (Å²) >= 11 is 1.62. The van der Waals surface area contributed by atoms with Gasteiger partial charge in [0, 0.05) is 38.4 Å². The molecule has 0 bridgehead atoms. The van der Waals surface area contributed by atoms with Gasteiger partial charge in [-0.25, -0.2) is 0 Å². The van der Waals surface area contributed by atoms with Gasteiger partial charge in [0.1, 0.15) is 5.69 Å². The summed E-state index contributed by atoms with van der Waals surface area (Å²) in [4.78, 5) is 5.42. The number of methoxy groups -OCH3 is 2. The van der Waals surface area contributed by atoms with E-state index in [4.69, 9.17) is 9.47 Å². The predicted molar refractivity (Wildman–Crippen MR) is 81.6 cm³/mol. The molecule has 2 aromatic rings. The molecule has 0 fully saturated rings. The molecule has 0 aliphatic carbocycles. The van der Waals surface area contributed by atoms with E-state index in [1.165, 1.54) is 0 Å². The van der Waals surface area contributed by atoms with Crippen molar-refractivity contribution in [3.8, 4) is 5.88 Å². The highest BCUT2D eigenvalue weighted by molar-refractivity contribution is 7.15. The van der Waals surface area contributed by atoms with Gasteiger partial charge in [-0.05, 0) is 11.8 Å². The van der Waals surface area contributed by atoms with Gasteiger partial charge in [0.05, 0.1) is 7.11 Å². The molecule has 0 saturated heterocycles. The third-order valence-electron chi connectivity index (χ3n) is 3.40.